The van der Waals surface area contributed by atoms with E-state index in [0.717, 1.165) is 20.2 Å². The fourth-order valence-electron chi connectivity index (χ4n) is 0.844. The van der Waals surface area contributed by atoms with Gasteiger partial charge in [-0.15, -0.1) is 0 Å². The molecule has 0 bridgehead atoms. The quantitative estimate of drug-likeness (QED) is 0.372. The largest absolute Gasteiger partial charge is 0.468 e. The summed E-state index contributed by atoms with van der Waals surface area (Å²) in [6, 6.07) is 0. The van der Waals surface area contributed by atoms with Gasteiger partial charge >= 0.3 is 5.97 Å². The Morgan fingerprint density at radius 3 is 2.42 bits per heavy atom. The molecular weight excluding hydrogens is 198 g/mol. The van der Waals surface area contributed by atoms with Crippen LogP contribution in [-0.4, -0.2) is 64.5 Å². The summed E-state index contributed by atoms with van der Waals surface area (Å²) in [5, 5.41) is 0. The van der Waals surface area contributed by atoms with E-state index in [-0.39, 0.29) is 57.4 Å². The molecular formula is C8H10KO2P. The number of hydrogen-bond acceptors (Lipinski definition) is 2. The van der Waals surface area contributed by atoms with Crippen molar-refractivity contribution in [1.82, 2.24) is 0 Å². The molecule has 60 valence electrons. The van der Waals surface area contributed by atoms with Gasteiger partial charge in [0.25, 0.3) is 0 Å². The third-order valence-electron chi connectivity index (χ3n) is 1.71. The molecule has 0 aromatic carbocycles. The summed E-state index contributed by atoms with van der Waals surface area (Å²) in [4.78, 5) is 11.0. The van der Waals surface area contributed by atoms with Crippen molar-refractivity contribution in [2.75, 3.05) is 7.11 Å². The second-order valence-electron chi connectivity index (χ2n) is 2.41. The maximum Gasteiger partial charge on any atom is 0.318 e. The van der Waals surface area contributed by atoms with E-state index in [4.69, 9.17) is 0 Å². The maximum absolute atomic E-state index is 11.0. The first kappa shape index (κ1) is 13.5. The van der Waals surface area contributed by atoms with Crippen LogP contribution in [0.2, 0.25) is 0 Å². The van der Waals surface area contributed by atoms with E-state index in [1.807, 2.05) is 20.0 Å². The van der Waals surface area contributed by atoms with Crippen molar-refractivity contribution in [3.8, 4) is 0 Å². The molecule has 0 spiro atoms. The van der Waals surface area contributed by atoms with Gasteiger partial charge < -0.3 is 4.74 Å². The van der Waals surface area contributed by atoms with E-state index < -0.39 is 0 Å². The van der Waals surface area contributed by atoms with Gasteiger partial charge in [0.2, 0.25) is 0 Å². The average Bonchev–Trinajstić information content (AvgIpc) is 2.32. The fourth-order valence-corrected chi connectivity index (χ4v) is 1.93. The van der Waals surface area contributed by atoms with Gasteiger partial charge in [-0.25, -0.2) is 0 Å². The van der Waals surface area contributed by atoms with Crippen molar-refractivity contribution >= 4 is 65.9 Å². The summed E-state index contributed by atoms with van der Waals surface area (Å²) >= 11 is 0. The van der Waals surface area contributed by atoms with Crippen molar-refractivity contribution in [1.29, 1.82) is 0 Å². The first-order chi connectivity index (χ1) is 5.16. The Hall–Kier alpha value is 1.54. The van der Waals surface area contributed by atoms with Crippen LogP contribution in [0, 0.1) is 23.7 Å². The van der Waals surface area contributed by atoms with Crippen LogP contribution in [0.25, 0.3) is 0 Å². The molecule has 4 heteroatoms. The Morgan fingerprint density at radius 1 is 1.50 bits per heavy atom. The molecule has 1 saturated heterocycles. The van der Waals surface area contributed by atoms with E-state index in [2.05, 4.69) is 4.74 Å². The van der Waals surface area contributed by atoms with Gasteiger partial charge in [0.05, 0.1) is 7.11 Å². The predicted octanol–water partition coefficient (Wildman–Crippen LogP) is 1.62. The fraction of sp³-hybridized carbons (Fsp3) is 0.375. The minimum Gasteiger partial charge on any atom is -0.468 e. The van der Waals surface area contributed by atoms with Gasteiger partial charge in [-0.2, -0.15) is 0 Å². The Labute approximate surface area is 118 Å². The molecule has 1 aliphatic heterocycles. The number of carbonyl (C=O) groups is 1. The van der Waals surface area contributed by atoms with Crippen LogP contribution in [-0.2, 0) is 9.53 Å². The number of ether oxygens (including phenoxy) is 1. The number of rotatable bonds is 1. The molecule has 1 aliphatic rings. The summed E-state index contributed by atoms with van der Waals surface area (Å²) in [6.07, 6.45) is 2.02. The van der Waals surface area contributed by atoms with Gasteiger partial charge in [0.1, 0.15) is 5.66 Å². The molecule has 2 nitrogen and oxygen atoms in total. The van der Waals surface area contributed by atoms with Crippen molar-refractivity contribution < 1.29 is 9.53 Å². The minimum atomic E-state index is -0.211. The van der Waals surface area contributed by atoms with E-state index in [1.54, 1.807) is 0 Å². The topological polar surface area (TPSA) is 26.3 Å². The van der Waals surface area contributed by atoms with Crippen LogP contribution in [0.5, 0.6) is 0 Å². The summed E-state index contributed by atoms with van der Waals surface area (Å²) in [5.74, 6) is 2.02. The van der Waals surface area contributed by atoms with Gasteiger partial charge in [0, 0.05) is 57.3 Å². The van der Waals surface area contributed by atoms with Gasteiger partial charge in [-0.1, -0.05) is 22.4 Å². The van der Waals surface area contributed by atoms with Crippen molar-refractivity contribution in [3.05, 3.63) is 23.7 Å². The van der Waals surface area contributed by atoms with Crippen LogP contribution in [0.4, 0.5) is 0 Å². The average molecular weight is 208 g/mol. The normalized spacial score (nSPS) is 22.6. The standard InChI is InChI=1S/C8H10O2P.K/c1-5-4-11-7(6(5)2)8(9)10-3;/h4H,1-3H3;. The molecule has 0 unspecified atom stereocenters. The zero-order chi connectivity index (χ0) is 8.43. The molecule has 0 atom stereocenters. The number of methoxy groups -OCH3 is 1. The number of esters is 1. The van der Waals surface area contributed by atoms with Crippen LogP contribution < -0.4 is 0 Å². The molecule has 0 N–H and O–H groups in total. The molecule has 12 heavy (non-hydrogen) atoms. The predicted molar refractivity (Wildman–Crippen MR) is 50.1 cm³/mol. The number of hydrogen-bond donors (Lipinski definition) is 0. The minimum absolute atomic E-state index is 0. The Morgan fingerprint density at radius 2 is 2.08 bits per heavy atom. The second kappa shape index (κ2) is 6.10. The van der Waals surface area contributed by atoms with E-state index in [9.17, 15) is 4.79 Å². The molecule has 0 aromatic rings. The molecule has 0 amide bonds. The molecule has 1 heterocycles. The third kappa shape index (κ3) is 3.04. The molecule has 0 saturated carbocycles. The van der Waals surface area contributed by atoms with E-state index in [1.165, 1.54) is 13.0 Å². The van der Waals surface area contributed by atoms with Crippen LogP contribution in [0.15, 0.2) is 0 Å². The summed E-state index contributed by atoms with van der Waals surface area (Å²) in [6.45, 7) is 3.94. The zero-order valence-corrected chi connectivity index (χ0v) is 11.9. The van der Waals surface area contributed by atoms with Gasteiger partial charge in [0.15, 0.2) is 0 Å². The first-order valence-corrected chi connectivity index (χ1v) is 4.30. The van der Waals surface area contributed by atoms with Crippen molar-refractivity contribution in [3.63, 3.8) is 0 Å². The summed E-state index contributed by atoms with van der Waals surface area (Å²) in [7, 11) is 2.37. The van der Waals surface area contributed by atoms with Crippen molar-refractivity contribution in [2.45, 2.75) is 13.8 Å². The maximum atomic E-state index is 11.0. The SMILES string of the molecule is COC(=O)[C]1[P][CH][C](C)[C]1C.[K]. The summed E-state index contributed by atoms with van der Waals surface area (Å²) < 4.78 is 4.62. The van der Waals surface area contributed by atoms with Gasteiger partial charge in [-0.05, 0) is 12.1 Å². The molecule has 6 radical (unpaired) electrons. The number of carbonyl (C=O) groups excluding carboxylic acids is 1. The molecule has 1 fully saturated rings. The first-order valence-electron chi connectivity index (χ1n) is 3.34. The van der Waals surface area contributed by atoms with Crippen LogP contribution in [0.1, 0.15) is 13.8 Å². The van der Waals surface area contributed by atoms with E-state index >= 15 is 0 Å². The second-order valence-corrected chi connectivity index (χ2v) is 3.37. The molecule has 1 rings (SSSR count). The van der Waals surface area contributed by atoms with Crippen LogP contribution in [0.3, 0.4) is 0 Å². The molecule has 0 aliphatic carbocycles. The third-order valence-corrected chi connectivity index (χ3v) is 3.01. The summed E-state index contributed by atoms with van der Waals surface area (Å²) in [5.41, 5.74) is 0.769. The Kier molecular flexibility index (Phi) is 6.88. The monoisotopic (exact) mass is 208 g/mol. The van der Waals surface area contributed by atoms with Crippen molar-refractivity contribution in [2.24, 2.45) is 0 Å². The molecule has 0 aromatic heterocycles. The van der Waals surface area contributed by atoms with Gasteiger partial charge in [-0.3, -0.25) is 4.79 Å². The van der Waals surface area contributed by atoms with E-state index in [0.29, 0.717) is 0 Å². The van der Waals surface area contributed by atoms with Crippen LogP contribution >= 0.6 is 8.58 Å². The Balaban J connectivity index is 0.00000121. The zero-order valence-electron chi connectivity index (χ0n) is 7.84. The Bertz CT molecular complexity index is 163. The smallest absolute Gasteiger partial charge is 0.318 e.